The van der Waals surface area contributed by atoms with E-state index in [1.54, 1.807) is 0 Å². The van der Waals surface area contributed by atoms with Crippen LogP contribution in [0.5, 0.6) is 0 Å². The van der Waals surface area contributed by atoms with Crippen LogP contribution in [0.1, 0.15) is 44.7 Å². The quantitative estimate of drug-likeness (QED) is 0.571. The molecule has 156 valence electrons. The Morgan fingerprint density at radius 1 is 1.21 bits per heavy atom. The summed E-state index contributed by atoms with van der Waals surface area (Å²) in [7, 11) is 2.10. The number of nitrogens with one attached hydrogen (secondary N) is 2. The number of carboxylic acid groups (broad SMARTS) is 1. The van der Waals surface area contributed by atoms with Gasteiger partial charge in [-0.2, -0.15) is 0 Å². The molecule has 1 fully saturated rings. The summed E-state index contributed by atoms with van der Waals surface area (Å²) in [6.07, 6.45) is 1.59. The Hall–Kier alpha value is -2.12. The minimum absolute atomic E-state index is 0.0572. The van der Waals surface area contributed by atoms with Crippen LogP contribution in [-0.2, 0) is 17.9 Å². The number of rotatable bonds is 10. The van der Waals surface area contributed by atoms with Crippen molar-refractivity contribution in [3.8, 4) is 0 Å². The fourth-order valence-corrected chi connectivity index (χ4v) is 3.42. The van der Waals surface area contributed by atoms with Gasteiger partial charge in [-0.05, 0) is 51.4 Å². The number of nitrogens with zero attached hydrogens (tertiary/aromatic N) is 2. The normalized spacial score (nSPS) is 19.0. The molecule has 1 aliphatic carbocycles. The number of likely N-dealkylation sites (N-methyl/N-ethyl adjacent to an activating group) is 1. The molecular formula is C21H34N4O3. The molecule has 28 heavy (non-hydrogen) atoms. The van der Waals surface area contributed by atoms with Gasteiger partial charge in [0.25, 0.3) is 0 Å². The van der Waals surface area contributed by atoms with Crippen molar-refractivity contribution in [3.63, 3.8) is 0 Å². The number of carboxylic acids is 1. The van der Waals surface area contributed by atoms with Gasteiger partial charge in [-0.25, -0.2) is 4.79 Å². The van der Waals surface area contributed by atoms with Gasteiger partial charge in [0.2, 0.25) is 0 Å². The molecule has 0 saturated heterocycles. The summed E-state index contributed by atoms with van der Waals surface area (Å²) in [5.74, 6) is -0.808. The van der Waals surface area contributed by atoms with Crippen LogP contribution in [0.25, 0.3) is 0 Å². The Morgan fingerprint density at radius 3 is 2.43 bits per heavy atom. The van der Waals surface area contributed by atoms with Crippen LogP contribution in [0.15, 0.2) is 24.3 Å². The van der Waals surface area contributed by atoms with E-state index in [1.807, 2.05) is 30.0 Å². The van der Waals surface area contributed by atoms with Gasteiger partial charge in [0.15, 0.2) is 0 Å². The largest absolute Gasteiger partial charge is 0.480 e. The fourth-order valence-electron chi connectivity index (χ4n) is 3.42. The lowest BCUT2D eigenvalue weighted by Gasteiger charge is -2.42. The van der Waals surface area contributed by atoms with Gasteiger partial charge >= 0.3 is 12.0 Å². The van der Waals surface area contributed by atoms with Crippen molar-refractivity contribution in [2.45, 2.75) is 64.8 Å². The highest BCUT2D eigenvalue weighted by molar-refractivity contribution is 5.74. The lowest BCUT2D eigenvalue weighted by molar-refractivity contribution is -0.139. The second-order valence-electron chi connectivity index (χ2n) is 7.88. The molecule has 1 aromatic carbocycles. The van der Waals surface area contributed by atoms with Crippen LogP contribution in [-0.4, -0.2) is 65.2 Å². The van der Waals surface area contributed by atoms with Crippen molar-refractivity contribution in [2.75, 3.05) is 20.1 Å². The second kappa shape index (κ2) is 10.4. The van der Waals surface area contributed by atoms with E-state index in [-0.39, 0.29) is 24.7 Å². The maximum absolute atomic E-state index is 12.2. The number of hydrogen-bond acceptors (Lipinski definition) is 4. The van der Waals surface area contributed by atoms with Crippen molar-refractivity contribution >= 4 is 12.0 Å². The van der Waals surface area contributed by atoms with E-state index in [1.165, 1.54) is 5.56 Å². The highest BCUT2D eigenvalue weighted by Gasteiger charge is 2.34. The summed E-state index contributed by atoms with van der Waals surface area (Å²) in [5, 5.41) is 14.9. The van der Waals surface area contributed by atoms with Crippen molar-refractivity contribution < 1.29 is 14.7 Å². The van der Waals surface area contributed by atoms with Gasteiger partial charge in [0.05, 0.1) is 6.54 Å². The zero-order valence-electron chi connectivity index (χ0n) is 17.4. The van der Waals surface area contributed by atoms with Gasteiger partial charge in [-0.3, -0.25) is 14.6 Å². The monoisotopic (exact) mass is 390 g/mol. The predicted octanol–water partition coefficient (Wildman–Crippen LogP) is 2.26. The van der Waals surface area contributed by atoms with Crippen molar-refractivity contribution in [2.24, 2.45) is 0 Å². The van der Waals surface area contributed by atoms with Gasteiger partial charge in [-0.1, -0.05) is 31.2 Å². The van der Waals surface area contributed by atoms with Gasteiger partial charge < -0.3 is 15.7 Å². The zero-order chi connectivity index (χ0) is 20.7. The molecule has 2 amide bonds. The van der Waals surface area contributed by atoms with Crippen LogP contribution >= 0.6 is 0 Å². The molecule has 0 radical (unpaired) electrons. The number of benzene rings is 1. The summed E-state index contributed by atoms with van der Waals surface area (Å²) in [5.41, 5.74) is 2.34. The molecule has 0 atom stereocenters. The molecule has 0 bridgehead atoms. The first-order valence-corrected chi connectivity index (χ1v) is 10.1. The molecule has 1 aliphatic rings. The average molecular weight is 391 g/mol. The summed E-state index contributed by atoms with van der Waals surface area (Å²) in [6.45, 7) is 8.39. The third-order valence-electron chi connectivity index (χ3n) is 5.57. The molecule has 7 heteroatoms. The molecule has 7 nitrogen and oxygen atoms in total. The molecule has 0 heterocycles. The zero-order valence-corrected chi connectivity index (χ0v) is 17.4. The highest BCUT2D eigenvalue weighted by atomic mass is 16.4. The Morgan fingerprint density at radius 2 is 1.86 bits per heavy atom. The Labute approximate surface area is 168 Å². The SMILES string of the molecule is CCN(CC(=O)O)C1CC(NC(=O)NCc2ccccc2CN(C)C(C)C)C1. The number of carbonyl (C=O) groups is 2. The molecule has 3 N–H and O–H groups in total. The summed E-state index contributed by atoms with van der Waals surface area (Å²) < 4.78 is 0. The highest BCUT2D eigenvalue weighted by Crippen LogP contribution is 2.25. The Kier molecular flexibility index (Phi) is 8.26. The van der Waals surface area contributed by atoms with Gasteiger partial charge in [0.1, 0.15) is 0 Å². The van der Waals surface area contributed by atoms with Crippen molar-refractivity contribution in [1.29, 1.82) is 0 Å². The third kappa shape index (κ3) is 6.49. The Bertz CT molecular complexity index is 659. The number of hydrogen-bond donors (Lipinski definition) is 3. The molecule has 0 unspecified atom stereocenters. The first-order chi connectivity index (χ1) is 13.3. The molecule has 1 aromatic rings. The minimum Gasteiger partial charge on any atom is -0.480 e. The first-order valence-electron chi connectivity index (χ1n) is 10.1. The molecular weight excluding hydrogens is 356 g/mol. The summed E-state index contributed by atoms with van der Waals surface area (Å²) in [4.78, 5) is 27.4. The number of amides is 2. The number of urea groups is 1. The van der Waals surface area contributed by atoms with Gasteiger partial charge in [0, 0.05) is 31.2 Å². The predicted molar refractivity (Wildman–Crippen MR) is 110 cm³/mol. The maximum Gasteiger partial charge on any atom is 0.317 e. The lowest BCUT2D eigenvalue weighted by Crippen LogP contribution is -2.56. The molecule has 0 aromatic heterocycles. The standard InChI is InChI=1S/C21H34N4O3/c1-5-25(14-20(26)27)19-10-18(11-19)23-21(28)22-12-16-8-6-7-9-17(16)13-24(4)15(2)3/h6-9,15,18-19H,5,10-14H2,1-4H3,(H,26,27)(H2,22,23,28). The van der Waals surface area contributed by atoms with E-state index in [4.69, 9.17) is 5.11 Å². The number of carbonyl (C=O) groups excluding carboxylic acids is 1. The summed E-state index contributed by atoms with van der Waals surface area (Å²) >= 11 is 0. The Balaban J connectivity index is 1.77. The van der Waals surface area contributed by atoms with Crippen molar-refractivity contribution in [3.05, 3.63) is 35.4 Å². The van der Waals surface area contributed by atoms with Crippen LogP contribution in [0.2, 0.25) is 0 Å². The third-order valence-corrected chi connectivity index (χ3v) is 5.57. The van der Waals surface area contributed by atoms with E-state index < -0.39 is 5.97 Å². The van der Waals surface area contributed by atoms with E-state index in [9.17, 15) is 9.59 Å². The smallest absolute Gasteiger partial charge is 0.317 e. The van der Waals surface area contributed by atoms with E-state index >= 15 is 0 Å². The van der Waals surface area contributed by atoms with Gasteiger partial charge in [-0.15, -0.1) is 0 Å². The second-order valence-corrected chi connectivity index (χ2v) is 7.88. The topological polar surface area (TPSA) is 84.9 Å². The van der Waals surface area contributed by atoms with E-state index in [0.29, 0.717) is 19.1 Å². The number of aliphatic carboxylic acids is 1. The average Bonchev–Trinajstić information content (AvgIpc) is 2.61. The first kappa shape index (κ1) is 22.2. The maximum atomic E-state index is 12.2. The van der Waals surface area contributed by atoms with Crippen LogP contribution < -0.4 is 10.6 Å². The van der Waals surface area contributed by atoms with E-state index in [2.05, 4.69) is 42.5 Å². The van der Waals surface area contributed by atoms with Crippen molar-refractivity contribution in [1.82, 2.24) is 20.4 Å². The van der Waals surface area contributed by atoms with E-state index in [0.717, 1.165) is 24.9 Å². The molecule has 0 aliphatic heterocycles. The van der Waals surface area contributed by atoms with Crippen LogP contribution in [0.3, 0.4) is 0 Å². The minimum atomic E-state index is -0.808. The van der Waals surface area contributed by atoms with Crippen LogP contribution in [0.4, 0.5) is 4.79 Å². The van der Waals surface area contributed by atoms with Crippen LogP contribution in [0, 0.1) is 0 Å². The lowest BCUT2D eigenvalue weighted by atomic mass is 9.85. The molecule has 2 rings (SSSR count). The summed E-state index contributed by atoms with van der Waals surface area (Å²) in [6, 6.07) is 8.80. The molecule has 0 spiro atoms. The fraction of sp³-hybridized carbons (Fsp3) is 0.619. The molecule has 1 saturated carbocycles.